The van der Waals surface area contributed by atoms with E-state index >= 15 is 0 Å². The maximum atomic E-state index is 13.3. The zero-order chi connectivity index (χ0) is 30.1. The maximum absolute atomic E-state index is 13.3. The van der Waals surface area contributed by atoms with Gasteiger partial charge >= 0.3 is 11.9 Å². The number of nitrogens with zero attached hydrogens (tertiary/aromatic N) is 1. The van der Waals surface area contributed by atoms with Crippen molar-refractivity contribution < 1.29 is 23.8 Å². The molecule has 1 aliphatic heterocycles. The molecule has 1 N–H and O–H groups in total. The number of halogens is 2. The number of benzene rings is 2. The summed E-state index contributed by atoms with van der Waals surface area (Å²) in [4.78, 5) is 30.3. The molecule has 7 nitrogen and oxygen atoms in total. The van der Waals surface area contributed by atoms with E-state index < -0.39 is 17.9 Å². The van der Waals surface area contributed by atoms with Crippen molar-refractivity contribution in [3.8, 4) is 0 Å². The van der Waals surface area contributed by atoms with Gasteiger partial charge < -0.3 is 19.5 Å². The summed E-state index contributed by atoms with van der Waals surface area (Å²) in [5.41, 5.74) is 5.53. The van der Waals surface area contributed by atoms with Crippen molar-refractivity contribution in [3.63, 3.8) is 0 Å². The number of dihydropyridines is 1. The monoisotopic (exact) mass is 606 g/mol. The Morgan fingerprint density at radius 3 is 2.36 bits per heavy atom. The van der Waals surface area contributed by atoms with Crippen molar-refractivity contribution in [1.29, 1.82) is 0 Å². The number of allylic oxidation sites excluding steroid dienone is 2. The van der Waals surface area contributed by atoms with Crippen LogP contribution in [0.15, 0.2) is 95.6 Å². The SMILES string of the molecule is COC(=O)C1=C(C)NC(C)=C(C(=O)OCCOC/C=C/c2ccc(Cc3cccnc3)cc2)C1c1cccc(Cl)c1Cl. The normalized spacial score (nSPS) is 15.1. The molecule has 0 spiro atoms. The molecule has 42 heavy (non-hydrogen) atoms. The number of carbonyl (C=O) groups excluding carboxylic acids is 2. The Hall–Kier alpha value is -3.91. The minimum Gasteiger partial charge on any atom is -0.466 e. The number of methoxy groups -OCH3 is 1. The van der Waals surface area contributed by atoms with Crippen LogP contribution in [0, 0.1) is 0 Å². The van der Waals surface area contributed by atoms with Crippen LogP contribution in [0.4, 0.5) is 0 Å². The van der Waals surface area contributed by atoms with Crippen LogP contribution >= 0.6 is 23.2 Å². The summed E-state index contributed by atoms with van der Waals surface area (Å²) in [6.07, 6.45) is 8.36. The van der Waals surface area contributed by atoms with Crippen LogP contribution in [0.5, 0.6) is 0 Å². The van der Waals surface area contributed by atoms with E-state index in [-0.39, 0.29) is 29.4 Å². The Morgan fingerprint density at radius 1 is 0.929 bits per heavy atom. The minimum atomic E-state index is -0.822. The highest BCUT2D eigenvalue weighted by Crippen LogP contribution is 2.43. The first-order valence-electron chi connectivity index (χ1n) is 13.4. The van der Waals surface area contributed by atoms with E-state index in [1.807, 2.05) is 24.4 Å². The third-order valence-corrected chi connectivity index (χ3v) is 7.61. The summed E-state index contributed by atoms with van der Waals surface area (Å²) in [5, 5.41) is 3.65. The summed E-state index contributed by atoms with van der Waals surface area (Å²) in [6.45, 7) is 4.06. The largest absolute Gasteiger partial charge is 0.466 e. The lowest BCUT2D eigenvalue weighted by Gasteiger charge is -2.30. The molecule has 9 heteroatoms. The van der Waals surface area contributed by atoms with Crippen LogP contribution in [0.1, 0.15) is 42.0 Å². The Kier molecular flexibility index (Phi) is 11.0. The van der Waals surface area contributed by atoms with Gasteiger partial charge in [-0.25, -0.2) is 9.59 Å². The van der Waals surface area contributed by atoms with Crippen molar-refractivity contribution in [2.24, 2.45) is 0 Å². The molecular formula is C33H32Cl2N2O5. The minimum absolute atomic E-state index is 0.0265. The summed E-state index contributed by atoms with van der Waals surface area (Å²) < 4.78 is 16.2. The average Bonchev–Trinajstić information content (AvgIpc) is 2.98. The molecule has 2 aromatic carbocycles. The Labute approximate surface area is 255 Å². The van der Waals surface area contributed by atoms with Crippen LogP contribution in [0.3, 0.4) is 0 Å². The second-order valence-electron chi connectivity index (χ2n) is 9.66. The van der Waals surface area contributed by atoms with Gasteiger partial charge in [0.15, 0.2) is 0 Å². The number of hydrogen-bond donors (Lipinski definition) is 1. The number of aromatic nitrogens is 1. The van der Waals surface area contributed by atoms with E-state index in [4.69, 9.17) is 37.4 Å². The predicted molar refractivity (Wildman–Crippen MR) is 164 cm³/mol. The van der Waals surface area contributed by atoms with Crippen LogP contribution in [0.25, 0.3) is 6.08 Å². The second kappa shape index (κ2) is 14.8. The molecule has 0 bridgehead atoms. The van der Waals surface area contributed by atoms with Gasteiger partial charge in [0.05, 0.1) is 47.4 Å². The number of ether oxygens (including phenoxy) is 3. The van der Waals surface area contributed by atoms with E-state index in [2.05, 4.69) is 40.6 Å². The fourth-order valence-corrected chi connectivity index (χ4v) is 5.21. The highest BCUT2D eigenvalue weighted by Gasteiger charge is 2.39. The summed E-state index contributed by atoms with van der Waals surface area (Å²) in [5.74, 6) is -2.01. The van der Waals surface area contributed by atoms with E-state index in [1.54, 1.807) is 38.2 Å². The number of pyridine rings is 1. The molecule has 218 valence electrons. The molecule has 1 aliphatic rings. The van der Waals surface area contributed by atoms with E-state index in [0.717, 1.165) is 12.0 Å². The lowest BCUT2D eigenvalue weighted by atomic mass is 9.80. The molecule has 4 rings (SSSR count). The van der Waals surface area contributed by atoms with Gasteiger partial charge in [0.1, 0.15) is 6.61 Å². The Morgan fingerprint density at radius 2 is 1.67 bits per heavy atom. The molecule has 1 atom stereocenters. The zero-order valence-corrected chi connectivity index (χ0v) is 25.2. The molecule has 1 aromatic heterocycles. The Bertz CT molecular complexity index is 1520. The first kappa shape index (κ1) is 31.0. The van der Waals surface area contributed by atoms with Crippen LogP contribution in [-0.2, 0) is 30.2 Å². The molecule has 1 unspecified atom stereocenters. The smallest absolute Gasteiger partial charge is 0.336 e. The molecule has 3 aromatic rings. The lowest BCUT2D eigenvalue weighted by molar-refractivity contribution is -0.140. The maximum Gasteiger partial charge on any atom is 0.336 e. The predicted octanol–water partition coefficient (Wildman–Crippen LogP) is 6.66. The van der Waals surface area contributed by atoms with E-state index in [9.17, 15) is 9.59 Å². The summed E-state index contributed by atoms with van der Waals surface area (Å²) in [7, 11) is 1.28. The van der Waals surface area contributed by atoms with Crippen LogP contribution in [-0.4, -0.2) is 43.9 Å². The van der Waals surface area contributed by atoms with Crippen molar-refractivity contribution in [3.05, 3.63) is 128 Å². The van der Waals surface area contributed by atoms with Crippen LogP contribution in [0.2, 0.25) is 10.0 Å². The standard InChI is InChI=1S/C33H32Cl2N2O5/c1-21-28(32(38)40-3)30(26-9-4-10-27(34)31(26)35)29(22(2)37-21)33(39)42-18-17-41-16-6-8-23-11-13-24(14-12-23)19-25-7-5-15-36-20-25/h4-15,20,30,37H,16-19H2,1-3H3/b8-6+. The first-order chi connectivity index (χ1) is 20.3. The van der Waals surface area contributed by atoms with Gasteiger partial charge in [0.2, 0.25) is 0 Å². The molecular weight excluding hydrogens is 575 g/mol. The van der Waals surface area contributed by atoms with Crippen molar-refractivity contribution in [2.75, 3.05) is 26.9 Å². The van der Waals surface area contributed by atoms with E-state index in [0.29, 0.717) is 28.6 Å². The molecule has 0 radical (unpaired) electrons. The molecule has 0 saturated heterocycles. The highest BCUT2D eigenvalue weighted by atomic mass is 35.5. The third-order valence-electron chi connectivity index (χ3n) is 6.77. The van der Waals surface area contributed by atoms with Gasteiger partial charge in [0, 0.05) is 23.8 Å². The van der Waals surface area contributed by atoms with Crippen LogP contribution < -0.4 is 5.32 Å². The van der Waals surface area contributed by atoms with Crippen molar-refractivity contribution >= 4 is 41.2 Å². The number of esters is 2. The highest BCUT2D eigenvalue weighted by molar-refractivity contribution is 6.42. The van der Waals surface area contributed by atoms with Gasteiger partial charge in [-0.3, -0.25) is 4.98 Å². The molecule has 2 heterocycles. The fourth-order valence-electron chi connectivity index (χ4n) is 4.79. The second-order valence-corrected chi connectivity index (χ2v) is 10.4. The molecule has 0 amide bonds. The van der Waals surface area contributed by atoms with Gasteiger partial charge in [0.25, 0.3) is 0 Å². The molecule has 0 aliphatic carbocycles. The number of hydrogen-bond acceptors (Lipinski definition) is 7. The quantitative estimate of drug-likeness (QED) is 0.193. The van der Waals surface area contributed by atoms with E-state index in [1.165, 1.54) is 18.2 Å². The molecule has 0 fully saturated rings. The van der Waals surface area contributed by atoms with Crippen molar-refractivity contribution in [2.45, 2.75) is 26.2 Å². The third kappa shape index (κ3) is 7.68. The van der Waals surface area contributed by atoms with Crippen molar-refractivity contribution in [1.82, 2.24) is 10.3 Å². The molecule has 0 saturated carbocycles. The number of rotatable bonds is 11. The lowest BCUT2D eigenvalue weighted by Crippen LogP contribution is -2.32. The van der Waals surface area contributed by atoms with Gasteiger partial charge in [-0.05, 0) is 54.7 Å². The number of carbonyl (C=O) groups is 2. The summed E-state index contributed by atoms with van der Waals surface area (Å²) >= 11 is 12.8. The summed E-state index contributed by atoms with van der Waals surface area (Å²) in [6, 6.07) is 17.4. The van der Waals surface area contributed by atoms with Gasteiger partial charge in [-0.15, -0.1) is 0 Å². The zero-order valence-electron chi connectivity index (χ0n) is 23.7. The fraction of sp³-hybridized carbons (Fsp3) is 0.242. The number of nitrogens with one attached hydrogen (secondary N) is 1. The first-order valence-corrected chi connectivity index (χ1v) is 14.2. The average molecular weight is 608 g/mol. The topological polar surface area (TPSA) is 86.8 Å². The van der Waals surface area contributed by atoms with Gasteiger partial charge in [-0.2, -0.15) is 0 Å². The van der Waals surface area contributed by atoms with Gasteiger partial charge in [-0.1, -0.05) is 77.8 Å². The Balaban J connectivity index is 1.33.